The summed E-state index contributed by atoms with van der Waals surface area (Å²) in [5.74, 6) is -0.0335. The molecular weight excluding hydrogens is 364 g/mol. The Kier molecular flexibility index (Phi) is 6.70. The van der Waals surface area contributed by atoms with Gasteiger partial charge in [-0.2, -0.15) is 0 Å². The number of carbonyl (C=O) groups excluding carboxylic acids is 2. The number of ketones is 1. The molecule has 3 aromatic rings. The van der Waals surface area contributed by atoms with Crippen LogP contribution < -0.4 is 4.74 Å². The van der Waals surface area contributed by atoms with E-state index in [4.69, 9.17) is 4.74 Å². The van der Waals surface area contributed by atoms with Crippen LogP contribution in [0, 0.1) is 6.92 Å². The molecule has 0 saturated heterocycles. The zero-order chi connectivity index (χ0) is 20.8. The summed E-state index contributed by atoms with van der Waals surface area (Å²) in [6.07, 6.45) is 2.60. The van der Waals surface area contributed by atoms with Crippen molar-refractivity contribution >= 4 is 22.6 Å². The molecule has 5 heteroatoms. The number of fused-ring (bicyclic) bond motifs is 1. The zero-order valence-electron chi connectivity index (χ0n) is 17.4. The predicted molar refractivity (Wildman–Crippen MR) is 115 cm³/mol. The first-order valence-corrected chi connectivity index (χ1v) is 10.2. The van der Waals surface area contributed by atoms with E-state index in [0.29, 0.717) is 31.8 Å². The minimum Gasteiger partial charge on any atom is -0.494 e. The molecule has 0 bridgehead atoms. The van der Waals surface area contributed by atoms with E-state index in [2.05, 4.69) is 0 Å². The van der Waals surface area contributed by atoms with Crippen molar-refractivity contribution in [1.82, 2.24) is 9.47 Å². The summed E-state index contributed by atoms with van der Waals surface area (Å²) in [5.41, 5.74) is 2.63. The Hall–Kier alpha value is -3.08. The molecule has 29 heavy (non-hydrogen) atoms. The molecule has 0 fully saturated rings. The van der Waals surface area contributed by atoms with Gasteiger partial charge in [-0.05, 0) is 45.4 Å². The van der Waals surface area contributed by atoms with Crippen LogP contribution >= 0.6 is 0 Å². The summed E-state index contributed by atoms with van der Waals surface area (Å²) in [6.45, 7) is 8.14. The number of aromatic nitrogens is 1. The molecule has 0 aliphatic rings. The number of hydrogen-bond acceptors (Lipinski definition) is 3. The van der Waals surface area contributed by atoms with E-state index in [1.807, 2.05) is 73.9 Å². The number of Topliss-reactive ketones (excluding diaryl/α,β-unsaturated/α-hetero) is 1. The summed E-state index contributed by atoms with van der Waals surface area (Å²) < 4.78 is 7.85. The molecule has 0 N–H and O–H groups in total. The maximum absolute atomic E-state index is 12.8. The molecule has 152 valence electrons. The number of amides is 1. The lowest BCUT2D eigenvalue weighted by molar-refractivity contribution is -0.126. The van der Waals surface area contributed by atoms with Crippen molar-refractivity contribution in [2.75, 3.05) is 19.7 Å². The SMILES string of the molecule is CCN(CC)C(=O)C(=O)c1cn(CCCOc2ccc(C)cc2)c2ccccc12. The Morgan fingerprint density at radius 1 is 1.00 bits per heavy atom. The molecule has 2 aromatic carbocycles. The predicted octanol–water partition coefficient (Wildman–Crippen LogP) is 4.47. The Labute approximate surface area is 171 Å². The Morgan fingerprint density at radius 2 is 1.69 bits per heavy atom. The number of benzene rings is 2. The highest BCUT2D eigenvalue weighted by atomic mass is 16.5. The van der Waals surface area contributed by atoms with Crippen molar-refractivity contribution in [3.8, 4) is 5.75 Å². The Morgan fingerprint density at radius 3 is 2.38 bits per heavy atom. The van der Waals surface area contributed by atoms with Gasteiger partial charge in [0.2, 0.25) is 0 Å². The van der Waals surface area contributed by atoms with E-state index in [0.717, 1.165) is 23.1 Å². The number of para-hydroxylation sites is 1. The van der Waals surface area contributed by atoms with Crippen molar-refractivity contribution < 1.29 is 14.3 Å². The lowest BCUT2D eigenvalue weighted by Crippen LogP contribution is -2.36. The average molecular weight is 392 g/mol. The highest BCUT2D eigenvalue weighted by Gasteiger charge is 2.24. The number of hydrogen-bond donors (Lipinski definition) is 0. The fourth-order valence-electron chi connectivity index (χ4n) is 3.44. The highest BCUT2D eigenvalue weighted by molar-refractivity contribution is 6.44. The van der Waals surface area contributed by atoms with Gasteiger partial charge in [-0.3, -0.25) is 9.59 Å². The van der Waals surface area contributed by atoms with Crippen LogP contribution in [0.3, 0.4) is 0 Å². The quantitative estimate of drug-likeness (QED) is 0.307. The van der Waals surface area contributed by atoms with Gasteiger partial charge in [-0.15, -0.1) is 0 Å². The molecule has 1 aromatic heterocycles. The second-order valence-electron chi connectivity index (χ2n) is 7.07. The third-order valence-corrected chi connectivity index (χ3v) is 5.11. The van der Waals surface area contributed by atoms with Crippen molar-refractivity contribution in [1.29, 1.82) is 0 Å². The molecule has 5 nitrogen and oxygen atoms in total. The molecule has 0 spiro atoms. The lowest BCUT2D eigenvalue weighted by Gasteiger charge is -2.17. The summed E-state index contributed by atoms with van der Waals surface area (Å²) in [7, 11) is 0. The minimum atomic E-state index is -0.445. The van der Waals surface area contributed by atoms with Gasteiger partial charge in [0.15, 0.2) is 0 Å². The van der Waals surface area contributed by atoms with Gasteiger partial charge in [0.1, 0.15) is 5.75 Å². The van der Waals surface area contributed by atoms with Crippen molar-refractivity contribution in [3.63, 3.8) is 0 Å². The average Bonchev–Trinajstić information content (AvgIpc) is 3.11. The number of carbonyl (C=O) groups is 2. The molecular formula is C24H28N2O3. The summed E-state index contributed by atoms with van der Waals surface area (Å²) in [6, 6.07) is 15.7. The maximum Gasteiger partial charge on any atom is 0.295 e. The third kappa shape index (κ3) is 4.67. The first-order chi connectivity index (χ1) is 14.0. The van der Waals surface area contributed by atoms with E-state index in [9.17, 15) is 9.59 Å². The number of likely N-dealkylation sites (N-methyl/N-ethyl adjacent to an activating group) is 1. The fraction of sp³-hybridized carbons (Fsp3) is 0.333. The zero-order valence-corrected chi connectivity index (χ0v) is 17.4. The van der Waals surface area contributed by atoms with E-state index in [1.54, 1.807) is 11.1 Å². The van der Waals surface area contributed by atoms with Gasteiger partial charge in [0.25, 0.3) is 11.7 Å². The molecule has 0 unspecified atom stereocenters. The van der Waals surface area contributed by atoms with Crippen LogP contribution in [0.4, 0.5) is 0 Å². The fourth-order valence-corrected chi connectivity index (χ4v) is 3.44. The first-order valence-electron chi connectivity index (χ1n) is 10.2. The Balaban J connectivity index is 1.73. The molecule has 0 atom stereocenters. The van der Waals surface area contributed by atoms with Crippen LogP contribution in [0.2, 0.25) is 0 Å². The van der Waals surface area contributed by atoms with Crippen molar-refractivity contribution in [3.05, 3.63) is 65.9 Å². The van der Waals surface area contributed by atoms with Crippen LogP contribution in [0.25, 0.3) is 10.9 Å². The largest absolute Gasteiger partial charge is 0.494 e. The maximum atomic E-state index is 12.8. The number of nitrogens with zero attached hydrogens (tertiary/aromatic N) is 2. The van der Waals surface area contributed by atoms with Gasteiger partial charge in [0, 0.05) is 36.7 Å². The van der Waals surface area contributed by atoms with Gasteiger partial charge in [-0.1, -0.05) is 35.9 Å². The second kappa shape index (κ2) is 9.41. The van der Waals surface area contributed by atoms with Crippen LogP contribution in [-0.2, 0) is 11.3 Å². The van der Waals surface area contributed by atoms with Crippen LogP contribution in [0.5, 0.6) is 5.75 Å². The second-order valence-corrected chi connectivity index (χ2v) is 7.07. The lowest BCUT2D eigenvalue weighted by atomic mass is 10.1. The topological polar surface area (TPSA) is 51.5 Å². The van der Waals surface area contributed by atoms with Gasteiger partial charge in [0.05, 0.1) is 12.2 Å². The van der Waals surface area contributed by atoms with Crippen molar-refractivity contribution in [2.45, 2.75) is 33.7 Å². The summed E-state index contributed by atoms with van der Waals surface area (Å²) >= 11 is 0. The minimum absolute atomic E-state index is 0.444. The van der Waals surface area contributed by atoms with Gasteiger partial charge in [-0.25, -0.2) is 0 Å². The molecule has 1 amide bonds. The molecule has 0 aliphatic carbocycles. The summed E-state index contributed by atoms with van der Waals surface area (Å²) in [4.78, 5) is 27.0. The van der Waals surface area contributed by atoms with Crippen molar-refractivity contribution in [2.24, 2.45) is 0 Å². The molecule has 0 radical (unpaired) electrons. The van der Waals surface area contributed by atoms with Gasteiger partial charge >= 0.3 is 0 Å². The number of aryl methyl sites for hydroxylation is 2. The van der Waals surface area contributed by atoms with Crippen LogP contribution in [0.1, 0.15) is 36.2 Å². The number of rotatable bonds is 9. The van der Waals surface area contributed by atoms with E-state index in [-0.39, 0.29) is 0 Å². The number of ether oxygens (including phenoxy) is 1. The molecule has 3 rings (SSSR count). The normalized spacial score (nSPS) is 10.9. The van der Waals surface area contributed by atoms with Crippen LogP contribution in [-0.4, -0.2) is 40.9 Å². The van der Waals surface area contributed by atoms with Crippen LogP contribution in [0.15, 0.2) is 54.7 Å². The standard InChI is InChI=1S/C24H28N2O3/c1-4-25(5-2)24(28)23(27)21-17-26(22-10-7-6-9-20(21)22)15-8-16-29-19-13-11-18(3)12-14-19/h6-7,9-14,17H,4-5,8,15-16H2,1-3H3. The highest BCUT2D eigenvalue weighted by Crippen LogP contribution is 2.23. The summed E-state index contributed by atoms with van der Waals surface area (Å²) in [5, 5.41) is 0.817. The van der Waals surface area contributed by atoms with E-state index < -0.39 is 11.7 Å². The molecule has 0 aliphatic heterocycles. The Bertz CT molecular complexity index is 985. The smallest absolute Gasteiger partial charge is 0.295 e. The molecule has 0 saturated carbocycles. The first kappa shape index (κ1) is 20.6. The van der Waals surface area contributed by atoms with E-state index >= 15 is 0 Å². The van der Waals surface area contributed by atoms with E-state index in [1.165, 1.54) is 5.56 Å². The third-order valence-electron chi connectivity index (χ3n) is 5.11. The van der Waals surface area contributed by atoms with Gasteiger partial charge < -0.3 is 14.2 Å². The monoisotopic (exact) mass is 392 g/mol. The molecule has 1 heterocycles.